The molecule has 34 heavy (non-hydrogen) atoms. The lowest BCUT2D eigenvalue weighted by Crippen LogP contribution is -2.65. The second kappa shape index (κ2) is 9.05. The van der Waals surface area contributed by atoms with Crippen LogP contribution >= 0.6 is 12.4 Å². The summed E-state index contributed by atoms with van der Waals surface area (Å²) in [5.74, 6) is -5.38. The van der Waals surface area contributed by atoms with E-state index in [1.807, 2.05) is 19.1 Å². The number of hydrogen-bond donors (Lipinski definition) is 4. The SMILES string of the molecule is CCCOc1cccc2c1C(O)=C1C(=O)C3(O)C(O)=C(C(N)=O)C(=O)C(N(C)C)C3CC1C2.Cl. The second-order valence-electron chi connectivity index (χ2n) is 9.10. The van der Waals surface area contributed by atoms with Crippen LogP contribution in [0.15, 0.2) is 35.1 Å². The number of halogens is 1. The van der Waals surface area contributed by atoms with E-state index in [1.54, 1.807) is 20.2 Å². The van der Waals surface area contributed by atoms with Crippen molar-refractivity contribution in [3.05, 3.63) is 46.2 Å². The Labute approximate surface area is 203 Å². The highest BCUT2D eigenvalue weighted by Crippen LogP contribution is 2.52. The molecule has 3 aliphatic carbocycles. The number of ether oxygens (including phenoxy) is 1. The molecule has 0 bridgehead atoms. The molecule has 1 aromatic carbocycles. The van der Waals surface area contributed by atoms with Crippen molar-refractivity contribution in [1.29, 1.82) is 0 Å². The van der Waals surface area contributed by atoms with E-state index in [9.17, 15) is 29.7 Å². The number of ketones is 2. The third-order valence-corrected chi connectivity index (χ3v) is 6.90. The first-order chi connectivity index (χ1) is 15.5. The fourth-order valence-electron chi connectivity index (χ4n) is 5.50. The first-order valence-corrected chi connectivity index (χ1v) is 10.9. The Morgan fingerprint density at radius 2 is 1.94 bits per heavy atom. The number of fused-ring (bicyclic) bond motifs is 3. The van der Waals surface area contributed by atoms with Crippen molar-refractivity contribution in [2.24, 2.45) is 17.6 Å². The molecule has 0 spiro atoms. The number of carbonyl (C=O) groups excluding carboxylic acids is 3. The summed E-state index contributed by atoms with van der Waals surface area (Å²) in [6.07, 6.45) is 1.27. The largest absolute Gasteiger partial charge is 0.508 e. The minimum atomic E-state index is -2.57. The smallest absolute Gasteiger partial charge is 0.255 e. The van der Waals surface area contributed by atoms with Gasteiger partial charge in [0.15, 0.2) is 11.4 Å². The molecule has 0 aromatic heterocycles. The number of hydrogen-bond acceptors (Lipinski definition) is 8. The summed E-state index contributed by atoms with van der Waals surface area (Å²) in [7, 11) is 3.18. The maximum Gasteiger partial charge on any atom is 0.255 e. The Hall–Kier alpha value is -2.88. The van der Waals surface area contributed by atoms with E-state index in [-0.39, 0.29) is 30.2 Å². The van der Waals surface area contributed by atoms with E-state index in [1.165, 1.54) is 4.90 Å². The number of Topliss-reactive ketones (excluding diaryl/α,β-unsaturated/α-hetero) is 2. The number of carbonyl (C=O) groups is 3. The lowest BCUT2D eigenvalue weighted by molar-refractivity contribution is -0.153. The molecule has 1 fully saturated rings. The van der Waals surface area contributed by atoms with Crippen LogP contribution in [0.1, 0.15) is 30.9 Å². The van der Waals surface area contributed by atoms with E-state index in [0.717, 1.165) is 12.0 Å². The molecule has 0 aliphatic heterocycles. The Morgan fingerprint density at radius 1 is 1.26 bits per heavy atom. The normalized spacial score (nSPS) is 28.2. The number of primary amides is 1. The predicted molar refractivity (Wildman–Crippen MR) is 126 cm³/mol. The molecule has 5 N–H and O–H groups in total. The summed E-state index contributed by atoms with van der Waals surface area (Å²) in [6, 6.07) is 4.29. The van der Waals surface area contributed by atoms with E-state index in [4.69, 9.17) is 10.5 Å². The number of amides is 1. The fraction of sp³-hybridized carbons (Fsp3) is 0.458. The van der Waals surface area contributed by atoms with Crippen molar-refractivity contribution in [3.63, 3.8) is 0 Å². The summed E-state index contributed by atoms with van der Waals surface area (Å²) in [4.78, 5) is 40.2. The Balaban J connectivity index is 0.00000324. The molecule has 0 heterocycles. The molecule has 4 rings (SSSR count). The molecule has 10 heteroatoms. The molecular formula is C24H29ClN2O7. The van der Waals surface area contributed by atoms with Crippen molar-refractivity contribution < 1.29 is 34.4 Å². The number of nitrogens with zero attached hydrogens (tertiary/aromatic N) is 1. The van der Waals surface area contributed by atoms with Crippen LogP contribution in [0, 0.1) is 11.8 Å². The van der Waals surface area contributed by atoms with Crippen LogP contribution in [0.25, 0.3) is 5.76 Å². The number of rotatable bonds is 5. The molecule has 0 radical (unpaired) electrons. The van der Waals surface area contributed by atoms with Gasteiger partial charge in [-0.15, -0.1) is 12.4 Å². The third kappa shape index (κ3) is 3.50. The summed E-state index contributed by atoms with van der Waals surface area (Å²) < 4.78 is 5.76. The number of aliphatic hydroxyl groups excluding tert-OH is 2. The minimum absolute atomic E-state index is 0. The van der Waals surface area contributed by atoms with Crippen molar-refractivity contribution in [2.45, 2.75) is 37.8 Å². The molecular weight excluding hydrogens is 464 g/mol. The van der Waals surface area contributed by atoms with Crippen LogP contribution in [0.4, 0.5) is 0 Å². The van der Waals surface area contributed by atoms with Crippen LogP contribution in [0.3, 0.4) is 0 Å². The zero-order valence-electron chi connectivity index (χ0n) is 19.2. The van der Waals surface area contributed by atoms with Gasteiger partial charge in [0.1, 0.15) is 22.8 Å². The van der Waals surface area contributed by atoms with Crippen molar-refractivity contribution >= 4 is 35.6 Å². The van der Waals surface area contributed by atoms with Gasteiger partial charge in [0, 0.05) is 11.5 Å². The van der Waals surface area contributed by atoms with Crippen LogP contribution < -0.4 is 10.5 Å². The number of nitrogens with two attached hydrogens (primary N) is 1. The van der Waals surface area contributed by atoms with Gasteiger partial charge >= 0.3 is 0 Å². The summed E-state index contributed by atoms with van der Waals surface area (Å²) in [5, 5.41) is 33.6. The van der Waals surface area contributed by atoms with Gasteiger partial charge in [-0.25, -0.2) is 0 Å². The van der Waals surface area contributed by atoms with Gasteiger partial charge in [0.2, 0.25) is 5.78 Å². The minimum Gasteiger partial charge on any atom is -0.508 e. The molecule has 1 aromatic rings. The zero-order chi connectivity index (χ0) is 24.2. The standard InChI is InChI=1S/C24H28N2O7.ClH/c1-4-8-33-14-7-5-6-11-9-12-10-13-18(26(2)3)20(28)17(23(25)31)22(30)24(13,32)21(29)16(12)19(27)15(11)14;/h5-7,12-13,18,27,30,32H,4,8-10H2,1-3H3,(H2,25,31);1H. The molecule has 184 valence electrons. The first kappa shape index (κ1) is 25.7. The molecule has 4 atom stereocenters. The maximum absolute atomic E-state index is 13.7. The summed E-state index contributed by atoms with van der Waals surface area (Å²) in [6.45, 7) is 2.36. The van der Waals surface area contributed by atoms with Crippen LogP contribution in [0.5, 0.6) is 5.75 Å². The van der Waals surface area contributed by atoms with Crippen molar-refractivity contribution in [3.8, 4) is 5.75 Å². The molecule has 0 saturated heterocycles. The third-order valence-electron chi connectivity index (χ3n) is 6.90. The van der Waals surface area contributed by atoms with Gasteiger partial charge in [0.05, 0.1) is 18.2 Å². The van der Waals surface area contributed by atoms with Crippen LogP contribution in [0.2, 0.25) is 0 Å². The highest BCUT2D eigenvalue weighted by molar-refractivity contribution is 6.24. The van der Waals surface area contributed by atoms with E-state index >= 15 is 0 Å². The monoisotopic (exact) mass is 492 g/mol. The Bertz CT molecular complexity index is 1130. The number of likely N-dealkylation sites (N-methyl/N-ethyl adjacent to an activating group) is 1. The number of aliphatic hydroxyl groups is 3. The average Bonchev–Trinajstić information content (AvgIpc) is 2.74. The van der Waals surface area contributed by atoms with E-state index in [2.05, 4.69) is 0 Å². The second-order valence-corrected chi connectivity index (χ2v) is 9.10. The van der Waals surface area contributed by atoms with Gasteiger partial charge in [-0.2, -0.15) is 0 Å². The molecule has 4 unspecified atom stereocenters. The lowest BCUT2D eigenvalue weighted by Gasteiger charge is -2.50. The highest BCUT2D eigenvalue weighted by atomic mass is 35.5. The lowest BCUT2D eigenvalue weighted by atomic mass is 9.57. The highest BCUT2D eigenvalue weighted by Gasteiger charge is 2.64. The molecule has 9 nitrogen and oxygen atoms in total. The summed E-state index contributed by atoms with van der Waals surface area (Å²) in [5.41, 5.74) is 3.09. The summed E-state index contributed by atoms with van der Waals surface area (Å²) >= 11 is 0. The van der Waals surface area contributed by atoms with Gasteiger partial charge in [-0.05, 0) is 50.9 Å². The van der Waals surface area contributed by atoms with E-state index in [0.29, 0.717) is 24.3 Å². The fourth-order valence-corrected chi connectivity index (χ4v) is 5.50. The Morgan fingerprint density at radius 3 is 2.53 bits per heavy atom. The van der Waals surface area contributed by atoms with Crippen LogP contribution in [-0.2, 0) is 20.8 Å². The molecule has 1 saturated carbocycles. The van der Waals surface area contributed by atoms with Gasteiger partial charge in [-0.3, -0.25) is 19.3 Å². The maximum atomic E-state index is 13.7. The Kier molecular flexibility index (Phi) is 6.85. The topological polar surface area (TPSA) is 150 Å². The average molecular weight is 493 g/mol. The molecule has 1 amide bonds. The van der Waals surface area contributed by atoms with Gasteiger partial charge in [0.25, 0.3) is 5.91 Å². The van der Waals surface area contributed by atoms with Crippen molar-refractivity contribution in [1.82, 2.24) is 4.90 Å². The van der Waals surface area contributed by atoms with Gasteiger partial charge < -0.3 is 25.8 Å². The first-order valence-electron chi connectivity index (χ1n) is 10.9. The zero-order valence-corrected chi connectivity index (χ0v) is 20.0. The quantitative estimate of drug-likeness (QED) is 0.451. The number of benzene rings is 1. The van der Waals surface area contributed by atoms with Gasteiger partial charge in [-0.1, -0.05) is 19.1 Å². The molecule has 3 aliphatic rings. The van der Waals surface area contributed by atoms with Crippen molar-refractivity contribution in [2.75, 3.05) is 20.7 Å². The predicted octanol–water partition coefficient (Wildman–Crippen LogP) is 1.47. The van der Waals surface area contributed by atoms with Crippen LogP contribution in [-0.4, -0.2) is 70.0 Å². The van der Waals surface area contributed by atoms with E-state index < -0.39 is 52.3 Å².